The number of hydrogen-bond donors (Lipinski definition) is 1. The number of aliphatic hydroxyl groups is 1. The van der Waals surface area contributed by atoms with Gasteiger partial charge in [0.2, 0.25) is 28.6 Å². The van der Waals surface area contributed by atoms with Crippen molar-refractivity contribution in [2.45, 2.75) is 69.4 Å². The van der Waals surface area contributed by atoms with Gasteiger partial charge in [-0.2, -0.15) is 0 Å². The Bertz CT molecular complexity index is 2320. The van der Waals surface area contributed by atoms with Crippen LogP contribution in [0.3, 0.4) is 0 Å². The third kappa shape index (κ3) is 6.35. The molecule has 1 aliphatic heterocycles. The molecular weight excluding hydrogens is 765 g/mol. The van der Waals surface area contributed by atoms with Gasteiger partial charge < -0.3 is 43.0 Å². The summed E-state index contributed by atoms with van der Waals surface area (Å²) in [4.78, 5) is 59.3. The van der Waals surface area contributed by atoms with E-state index >= 15 is 9.59 Å². The van der Waals surface area contributed by atoms with Crippen LogP contribution in [0.15, 0.2) is 78.6 Å². The predicted molar refractivity (Wildman–Crippen MR) is 213 cm³/mol. The third-order valence-electron chi connectivity index (χ3n) is 11.0. The Labute approximate surface area is 336 Å². The fraction of sp³-hybridized carbons (Fsp3) is 0.364. The maximum absolute atomic E-state index is 15.9. The molecule has 13 nitrogen and oxygen atoms in total. The van der Waals surface area contributed by atoms with Gasteiger partial charge in [-0.15, -0.1) is 0 Å². The van der Waals surface area contributed by atoms with Crippen molar-refractivity contribution >= 4 is 42.2 Å². The number of carbonyl (C=O) groups is 4. The summed E-state index contributed by atoms with van der Waals surface area (Å²) in [7, 11) is 2.25. The number of hydrogen-bond acceptors (Lipinski definition) is 13. The quantitative estimate of drug-likeness (QED) is 0.0562. The molecule has 2 atom stereocenters. The molecule has 3 aliphatic rings. The Morgan fingerprint density at radius 3 is 2.14 bits per heavy atom. The topological polar surface area (TPSA) is 162 Å². The van der Waals surface area contributed by atoms with Crippen LogP contribution >= 0.6 is 0 Å². The van der Waals surface area contributed by atoms with Gasteiger partial charge in [0.15, 0.2) is 5.76 Å². The van der Waals surface area contributed by atoms with Crippen molar-refractivity contribution in [1.82, 2.24) is 0 Å². The summed E-state index contributed by atoms with van der Waals surface area (Å²) in [6, 6.07) is 20.0. The van der Waals surface area contributed by atoms with Crippen LogP contribution in [-0.4, -0.2) is 88.2 Å². The lowest BCUT2D eigenvalue weighted by molar-refractivity contribution is -0.349. The molecule has 0 saturated heterocycles. The second-order valence-corrected chi connectivity index (χ2v) is 21.3. The molecule has 1 spiro atoms. The molecule has 2 aliphatic carbocycles. The lowest BCUT2D eigenvalue weighted by atomic mass is 9.58. The first-order valence-electron chi connectivity index (χ1n) is 18.8. The number of Topliss-reactive ketones (excluding diaryl/α,β-unsaturated/α-hetero) is 2. The van der Waals surface area contributed by atoms with Crippen molar-refractivity contribution in [3.05, 3.63) is 118 Å². The Hall–Kier alpha value is -5.22. The fourth-order valence-electron chi connectivity index (χ4n) is 7.97. The first-order valence-corrected chi connectivity index (χ1v) is 22.5. The van der Waals surface area contributed by atoms with Crippen molar-refractivity contribution < 1.29 is 62.2 Å². The highest BCUT2D eigenvalue weighted by atomic mass is 28.3. The highest BCUT2D eigenvalue weighted by Crippen LogP contribution is 2.57. The molecule has 0 unspecified atom stereocenters. The van der Waals surface area contributed by atoms with Gasteiger partial charge >= 0.3 is 5.97 Å². The van der Waals surface area contributed by atoms with E-state index in [9.17, 15) is 14.7 Å². The molecular formula is C44H46O13Si. The van der Waals surface area contributed by atoms with Crippen LogP contribution < -0.4 is 9.47 Å². The van der Waals surface area contributed by atoms with Gasteiger partial charge in [-0.3, -0.25) is 14.4 Å². The average Bonchev–Trinajstić information content (AvgIpc) is 3.41. The number of carbonyl (C=O) groups excluding carboxylic acids is 4. The molecule has 4 aromatic carbocycles. The number of rotatable bonds is 12. The standard InChI is InChI=1S/C44H46O13Si/c1-26-35-30(20-32(50-2)36(26)41(48)52-4)19-31-37(38(35)54-22-27-13-9-8-10-14-27)40(47)42(49)33(45)21-34(51-3)44(55-23-28-15-11-12-16-29(28)24-56-44)43(42,39(31)46)57-25-53-17-18-58(5,6)7/h8-16,19-21,49H,17-18,22-25H2,1-7H3/t42-,43+/m1/s1. The number of esters is 1. The van der Waals surface area contributed by atoms with Crippen molar-refractivity contribution in [3.63, 3.8) is 0 Å². The second kappa shape index (κ2) is 15.5. The second-order valence-electron chi connectivity index (χ2n) is 15.6. The molecule has 4 aromatic rings. The maximum atomic E-state index is 15.9. The summed E-state index contributed by atoms with van der Waals surface area (Å²) >= 11 is 0. The van der Waals surface area contributed by atoms with Crippen LogP contribution in [0.4, 0.5) is 0 Å². The smallest absolute Gasteiger partial charge is 0.341 e. The van der Waals surface area contributed by atoms with Crippen LogP contribution in [0, 0.1) is 6.92 Å². The molecule has 7 rings (SSSR count). The van der Waals surface area contributed by atoms with Crippen molar-refractivity contribution in [1.29, 1.82) is 0 Å². The molecule has 14 heteroatoms. The van der Waals surface area contributed by atoms with Crippen molar-refractivity contribution in [2.75, 3.05) is 34.7 Å². The van der Waals surface area contributed by atoms with Crippen LogP contribution in [0.1, 0.15) is 53.3 Å². The van der Waals surface area contributed by atoms with Gasteiger partial charge in [0, 0.05) is 31.7 Å². The number of methoxy groups -OCH3 is 3. The number of fused-ring (bicyclic) bond motifs is 5. The van der Waals surface area contributed by atoms with Gasteiger partial charge in [0.05, 0.1) is 40.1 Å². The first kappa shape index (κ1) is 41.0. The summed E-state index contributed by atoms with van der Waals surface area (Å²) in [5, 5.41) is 13.7. The van der Waals surface area contributed by atoms with Gasteiger partial charge in [0.1, 0.15) is 30.5 Å². The zero-order valence-electron chi connectivity index (χ0n) is 33.5. The van der Waals surface area contributed by atoms with E-state index in [0.717, 1.165) is 12.1 Å². The molecule has 58 heavy (non-hydrogen) atoms. The summed E-state index contributed by atoms with van der Waals surface area (Å²) in [6.45, 7) is 7.21. The van der Waals surface area contributed by atoms with E-state index in [4.69, 9.17) is 37.9 Å². The summed E-state index contributed by atoms with van der Waals surface area (Å²) in [5.74, 6) is -7.06. The highest BCUT2D eigenvalue weighted by Gasteiger charge is 2.82. The number of ketones is 3. The van der Waals surface area contributed by atoms with E-state index < -0.39 is 60.7 Å². The Balaban J connectivity index is 1.52. The van der Waals surface area contributed by atoms with Crippen molar-refractivity contribution in [3.8, 4) is 11.5 Å². The minimum Gasteiger partial charge on any atom is -0.496 e. The van der Waals surface area contributed by atoms with Crippen LogP contribution in [0.2, 0.25) is 25.7 Å². The van der Waals surface area contributed by atoms with Crippen LogP contribution in [-0.2, 0) is 53.0 Å². The predicted octanol–water partition coefficient (Wildman–Crippen LogP) is 6.26. The average molecular weight is 811 g/mol. The van der Waals surface area contributed by atoms with E-state index in [1.165, 1.54) is 33.5 Å². The summed E-state index contributed by atoms with van der Waals surface area (Å²) in [6.07, 6.45) is 0.900. The Kier molecular flexibility index (Phi) is 11.0. The van der Waals surface area contributed by atoms with Crippen LogP contribution in [0.25, 0.3) is 10.8 Å². The zero-order valence-corrected chi connectivity index (χ0v) is 34.5. The van der Waals surface area contributed by atoms with E-state index in [0.29, 0.717) is 27.6 Å². The Morgan fingerprint density at radius 2 is 1.53 bits per heavy atom. The monoisotopic (exact) mass is 810 g/mol. The van der Waals surface area contributed by atoms with Gasteiger partial charge in [-0.1, -0.05) is 74.2 Å². The number of aryl methyl sites for hydroxylation is 1. The van der Waals surface area contributed by atoms with Gasteiger partial charge in [-0.25, -0.2) is 4.79 Å². The maximum Gasteiger partial charge on any atom is 0.341 e. The zero-order chi connectivity index (χ0) is 41.6. The summed E-state index contributed by atoms with van der Waals surface area (Å²) < 4.78 is 48.5. The minimum absolute atomic E-state index is 0.0450. The normalized spacial score (nSPS) is 21.1. The lowest BCUT2D eigenvalue weighted by Gasteiger charge is -2.56. The van der Waals surface area contributed by atoms with E-state index in [1.54, 1.807) is 19.1 Å². The number of ether oxygens (including phenoxy) is 8. The molecule has 0 aromatic heterocycles. The van der Waals surface area contributed by atoms with E-state index in [-0.39, 0.29) is 60.2 Å². The fourth-order valence-corrected chi connectivity index (χ4v) is 8.72. The molecule has 0 amide bonds. The number of benzene rings is 4. The molecule has 1 N–H and O–H groups in total. The lowest BCUT2D eigenvalue weighted by Crippen LogP contribution is -2.83. The van der Waals surface area contributed by atoms with Gasteiger partial charge in [-0.05, 0) is 52.7 Å². The molecule has 304 valence electrons. The molecule has 1 heterocycles. The van der Waals surface area contributed by atoms with E-state index in [1.807, 2.05) is 42.5 Å². The third-order valence-corrected chi connectivity index (χ3v) is 12.7. The molecule has 0 radical (unpaired) electrons. The SMILES string of the molecule is COC(=O)c1c(OC)cc2cc3c(c(OCc4ccccc4)c2c1C)C(=O)[C@]1(O)C(=O)C=C(OC)C2(OCc4ccccc4CO2)[C@]1(OCOCC[Si](C)(C)C)C3=O. The first-order chi connectivity index (χ1) is 27.7. The van der Waals surface area contributed by atoms with Gasteiger partial charge in [0.25, 0.3) is 5.79 Å². The van der Waals surface area contributed by atoms with Crippen LogP contribution in [0.5, 0.6) is 11.5 Å². The van der Waals surface area contributed by atoms with E-state index in [2.05, 4.69) is 19.6 Å². The highest BCUT2D eigenvalue weighted by molar-refractivity contribution is 6.76. The minimum atomic E-state index is -3.33. The molecule has 0 saturated carbocycles. The molecule has 0 bridgehead atoms. The Morgan fingerprint density at radius 1 is 0.879 bits per heavy atom. The van der Waals surface area contributed by atoms with Crippen molar-refractivity contribution in [2.24, 2.45) is 0 Å². The summed E-state index contributed by atoms with van der Waals surface area (Å²) in [5.41, 5.74) is -4.56. The largest absolute Gasteiger partial charge is 0.496 e. The molecule has 0 fully saturated rings.